The zero-order valence-corrected chi connectivity index (χ0v) is 17.3. The summed E-state index contributed by atoms with van der Waals surface area (Å²) in [5.41, 5.74) is 0. The van der Waals surface area contributed by atoms with Crippen LogP contribution in [0.2, 0.25) is 0 Å². The van der Waals surface area contributed by atoms with Crippen LogP contribution >= 0.6 is 15.8 Å². The van der Waals surface area contributed by atoms with Gasteiger partial charge in [0.2, 0.25) is 0 Å². The Labute approximate surface area is 169 Å². The van der Waals surface area contributed by atoms with Gasteiger partial charge in [0.1, 0.15) is 0 Å². The molecule has 0 aliphatic rings. The molecule has 25 heavy (non-hydrogen) atoms. The zero-order valence-electron chi connectivity index (χ0n) is 13.3. The minimum Gasteiger partial charge on any atom is -0.749 e. The summed E-state index contributed by atoms with van der Waals surface area (Å²) in [6.45, 7) is 5.94. The molecule has 0 aromatic heterocycles. The number of nitrogens with one attached hydrogen (secondary N) is 2. The van der Waals surface area contributed by atoms with Crippen LogP contribution in [0.4, 0.5) is 33.6 Å². The van der Waals surface area contributed by atoms with Crippen molar-refractivity contribution < 1.29 is 53.6 Å². The van der Waals surface area contributed by atoms with Crippen LogP contribution in [-0.2, 0) is 4.57 Å². The van der Waals surface area contributed by atoms with E-state index in [0.29, 0.717) is 0 Å². The first-order valence-corrected chi connectivity index (χ1v) is 8.10. The van der Waals surface area contributed by atoms with Gasteiger partial charge in [0.25, 0.3) is 12.1 Å². The summed E-state index contributed by atoms with van der Waals surface area (Å²) in [6.07, 6.45) is 0. The van der Waals surface area contributed by atoms with Crippen LogP contribution in [0.25, 0.3) is 0 Å². The number of nitrogens with zero attached hydrogens (tertiary/aromatic N) is 2. The smallest absolute Gasteiger partial charge is 0.749 e. The van der Waals surface area contributed by atoms with Crippen molar-refractivity contribution in [1.29, 1.82) is 10.5 Å². The average Bonchev–Trinajstić information content (AvgIpc) is 2.12. The van der Waals surface area contributed by atoms with E-state index in [4.69, 9.17) is 30.5 Å². The number of hydrogen-bond donors (Lipinski definition) is 2. The zero-order chi connectivity index (χ0) is 21.7. The van der Waals surface area contributed by atoms with Crippen molar-refractivity contribution in [2.24, 2.45) is 0 Å². The van der Waals surface area contributed by atoms with Gasteiger partial charge < -0.3 is 4.89 Å². The average molecular weight is 452 g/mol. The first-order chi connectivity index (χ1) is 10.1. The van der Waals surface area contributed by atoms with Gasteiger partial charge in [0.05, 0.1) is 26.0 Å². The standard InChI is InChI=1S/4C2H3N.Ca.F6P.F2HO2P/c4*1-2-3;;1-7(2,3,4,5)6;1-5(2,3)4/h4*1H3;;;(H,3,4)/q;;;;+2;-1;/p+1. The summed E-state index contributed by atoms with van der Waals surface area (Å²) in [5.74, 6) is 0. The Balaban J connectivity index is -0.0000000323. The molecule has 6 nitrogen and oxygen atoms in total. The van der Waals surface area contributed by atoms with Crippen molar-refractivity contribution in [1.82, 2.24) is 0 Å². The van der Waals surface area contributed by atoms with Crippen molar-refractivity contribution in [2.75, 3.05) is 0 Å². The Morgan fingerprint density at radius 2 is 0.840 bits per heavy atom. The number of rotatable bonds is 0. The summed E-state index contributed by atoms with van der Waals surface area (Å²) in [7, 11) is -16.5. The van der Waals surface area contributed by atoms with Gasteiger partial charge in [-0.15, -0.1) is 10.5 Å². The van der Waals surface area contributed by atoms with E-state index in [2.05, 4.69) is 0 Å². The van der Waals surface area contributed by atoms with Crippen molar-refractivity contribution in [3.05, 3.63) is 0 Å². The molecule has 0 aliphatic carbocycles. The Morgan fingerprint density at radius 1 is 0.840 bits per heavy atom. The van der Waals surface area contributed by atoms with E-state index in [1.165, 1.54) is 13.8 Å². The molecule has 0 spiro atoms. The van der Waals surface area contributed by atoms with E-state index >= 15 is 0 Å². The van der Waals surface area contributed by atoms with E-state index in [0.717, 1.165) is 0 Å². The van der Waals surface area contributed by atoms with E-state index in [9.17, 15) is 33.6 Å². The Morgan fingerprint density at radius 3 is 0.840 bits per heavy atom. The van der Waals surface area contributed by atoms with Gasteiger partial charge in [-0.3, -0.25) is 4.57 Å². The van der Waals surface area contributed by atoms with Crippen LogP contribution in [-0.4, -0.2) is 37.7 Å². The minimum absolute atomic E-state index is 0. The van der Waals surface area contributed by atoms with Gasteiger partial charge in [0.15, 0.2) is 0 Å². The molecule has 0 amide bonds. The maximum Gasteiger partial charge on any atom is 2.00 e. The predicted octanol–water partition coefficient (Wildman–Crippen LogP) is 2.01. The minimum atomic E-state index is -10.7. The van der Waals surface area contributed by atoms with Crippen LogP contribution in [0.3, 0.4) is 0 Å². The van der Waals surface area contributed by atoms with E-state index in [1.54, 1.807) is 26.0 Å². The second-order valence-corrected chi connectivity index (χ2v) is 5.07. The number of nitriles is 2. The summed E-state index contributed by atoms with van der Waals surface area (Å²) in [5, 5.41) is 26.6. The molecule has 0 aromatic carbocycles. The van der Waals surface area contributed by atoms with Crippen LogP contribution in [0.5, 0.6) is 0 Å². The Hall–Kier alpha value is -0.720. The molecule has 0 fully saturated rings. The summed E-state index contributed by atoms with van der Waals surface area (Å²) >= 11 is 0. The van der Waals surface area contributed by atoms with Gasteiger partial charge in [-0.1, -0.05) is 0 Å². The maximum absolute atomic E-state index is 10.7. The molecule has 0 heterocycles. The van der Waals surface area contributed by atoms with Crippen LogP contribution in [0.15, 0.2) is 0 Å². The normalized spacial score (nSPS) is 10.1. The monoisotopic (exact) mass is 452 g/mol. The second kappa shape index (κ2) is 19.6. The summed E-state index contributed by atoms with van der Waals surface area (Å²) < 4.78 is 87.6. The molecule has 144 valence electrons. The van der Waals surface area contributed by atoms with Gasteiger partial charge in [0, 0.05) is 13.8 Å². The van der Waals surface area contributed by atoms with Crippen molar-refractivity contribution >= 4 is 53.5 Å². The summed E-state index contributed by atoms with van der Waals surface area (Å²) in [4.78, 5) is 8.33. The Kier molecular flexibility index (Phi) is 34.6. The molecule has 0 rings (SSSR count). The molecule has 0 saturated heterocycles. The van der Waals surface area contributed by atoms with Gasteiger partial charge >= 0.3 is 78.7 Å². The van der Waals surface area contributed by atoms with E-state index < -0.39 is 15.8 Å². The Bertz CT molecular complexity index is 441. The third-order valence-corrected chi connectivity index (χ3v) is 0. The fourth-order valence-electron chi connectivity index (χ4n) is 0. The predicted molar refractivity (Wildman–Crippen MR) is 72.8 cm³/mol. The quantitative estimate of drug-likeness (QED) is 0.330. The third kappa shape index (κ3) is 20300. The van der Waals surface area contributed by atoms with Crippen LogP contribution < -0.4 is 15.4 Å². The molecule has 0 aromatic rings. The third-order valence-electron chi connectivity index (χ3n) is 0. The van der Waals surface area contributed by atoms with E-state index in [1.807, 2.05) is 12.1 Å². The fourth-order valence-corrected chi connectivity index (χ4v) is 0. The van der Waals surface area contributed by atoms with Crippen molar-refractivity contribution in [3.8, 4) is 24.3 Å². The molecule has 0 atom stereocenters. The number of hydrogen-bond acceptors (Lipinski definition) is 4. The van der Waals surface area contributed by atoms with Crippen molar-refractivity contribution in [3.63, 3.8) is 0 Å². The molecule has 0 radical (unpaired) electrons. The second-order valence-electron chi connectivity index (χ2n) is 2.32. The van der Waals surface area contributed by atoms with Gasteiger partial charge in [-0.25, -0.2) is 0 Å². The molecular formula is C8H14CaF8N4O2P2+2. The topological polar surface area (TPSA) is 135 Å². The SMILES string of the molecule is CC#N.CC#N.CC#[NH+].CC#[NH+].F[P-](F)(F)(F)(F)F.O=P([O-])(F)F.[Ca+2]. The first kappa shape index (κ1) is 44.1. The van der Waals surface area contributed by atoms with Gasteiger partial charge in [-0.2, -0.15) is 18.9 Å². The maximum atomic E-state index is 10.0. The molecule has 17 heteroatoms. The largest absolute Gasteiger partial charge is 2.00 e. The van der Waals surface area contributed by atoms with Crippen LogP contribution in [0, 0.1) is 34.8 Å². The van der Waals surface area contributed by atoms with Crippen molar-refractivity contribution in [2.45, 2.75) is 27.7 Å². The molecule has 2 N–H and O–H groups in total. The molecule has 0 aliphatic heterocycles. The molecule has 0 unspecified atom stereocenters. The fraction of sp³-hybridized carbons (Fsp3) is 0.500. The summed E-state index contributed by atoms with van der Waals surface area (Å²) in [6, 6.07) is 7.50. The van der Waals surface area contributed by atoms with E-state index in [-0.39, 0.29) is 37.7 Å². The molecule has 0 saturated carbocycles. The van der Waals surface area contributed by atoms with Crippen LogP contribution in [0.1, 0.15) is 27.7 Å². The molecule has 0 bridgehead atoms. The van der Waals surface area contributed by atoms with Gasteiger partial charge in [-0.05, 0) is 0 Å². The molecular weight excluding hydrogens is 438 g/mol. The first-order valence-electron chi connectivity index (χ1n) is 4.66. The number of halogens is 8.